The average Bonchev–Trinajstić information content (AvgIpc) is 3.29. The maximum atomic E-state index is 14.4. The minimum atomic E-state index is -1.75. The molecule has 2 fully saturated rings. The van der Waals surface area contributed by atoms with Gasteiger partial charge in [-0.1, -0.05) is 65.8 Å². The maximum absolute atomic E-state index is 14.4. The summed E-state index contributed by atoms with van der Waals surface area (Å²) in [5.41, 5.74) is 11.4. The van der Waals surface area contributed by atoms with Crippen LogP contribution in [0.3, 0.4) is 0 Å². The van der Waals surface area contributed by atoms with Crippen molar-refractivity contribution in [1.82, 2.24) is 47.9 Å². The second-order valence-corrected chi connectivity index (χ2v) is 21.9. The standard InChI is InChI=1S/C45H70N12O11S3/c1-25(2)37(62)31-21-69-24-35(59)51-28(14-9-10-17-50-45(3,4)5)39(64)56-32-22-70-71-23-33(43(68)54-29(40(65)55-31)18-26-12-7-6-8-13-26)57-41(66)30(19-36(60)61)52-34(58)20-49-38(63)27(53-42(32)67)15-11-16-48-44(46)47/h6-8,12-13,25,27-33,50H,9-11,14-24H2,1-5H3,(H,49,63)(H,51,59)(H,52,58)(H,53,67)(H,54,68)(H,55,65)(H,56,64)(H,57,66)(H,60,61)(H4,46,47,48)/t27-,28-,29-,30-,31-,32-,33-/m0/s1. The predicted molar refractivity (Wildman–Crippen MR) is 273 cm³/mol. The minimum Gasteiger partial charge on any atom is -0.481 e. The van der Waals surface area contributed by atoms with Gasteiger partial charge in [-0.15, -0.1) is 11.8 Å². The Hall–Kier alpha value is -5.60. The van der Waals surface area contributed by atoms with Gasteiger partial charge in [-0.3, -0.25) is 52.9 Å². The number of carboxylic acids is 1. The number of hydrogen-bond donors (Lipinski definition) is 12. The summed E-state index contributed by atoms with van der Waals surface area (Å²) >= 11 is 1.03. The lowest BCUT2D eigenvalue weighted by Gasteiger charge is -2.27. The third-order valence-corrected chi connectivity index (χ3v) is 14.2. The predicted octanol–water partition coefficient (Wildman–Crippen LogP) is -1.81. The molecule has 1 aromatic carbocycles. The molecule has 2 aliphatic heterocycles. The average molecular weight is 1050 g/mol. The van der Waals surface area contributed by atoms with E-state index in [1.165, 1.54) is 0 Å². The van der Waals surface area contributed by atoms with Crippen molar-refractivity contribution in [2.75, 3.05) is 42.6 Å². The molecule has 26 heteroatoms. The molecule has 8 amide bonds. The van der Waals surface area contributed by atoms with Gasteiger partial charge in [0, 0.05) is 41.7 Å². The van der Waals surface area contributed by atoms with Gasteiger partial charge < -0.3 is 64.4 Å². The van der Waals surface area contributed by atoms with Gasteiger partial charge in [0.2, 0.25) is 47.3 Å². The summed E-state index contributed by atoms with van der Waals surface area (Å²) in [5, 5.41) is 33.9. The number of nitrogens with zero attached hydrogens (tertiary/aromatic N) is 1. The molecule has 2 bridgehead atoms. The number of thioether (sulfide) groups is 1. The number of guanidine groups is 1. The number of carbonyl (C=O) groups is 10. The van der Waals surface area contributed by atoms with Crippen molar-refractivity contribution >= 4 is 98.3 Å². The van der Waals surface area contributed by atoms with Gasteiger partial charge in [-0.2, -0.15) is 0 Å². The van der Waals surface area contributed by atoms with Crippen molar-refractivity contribution in [3.8, 4) is 0 Å². The van der Waals surface area contributed by atoms with Crippen LogP contribution < -0.4 is 59.3 Å². The molecule has 3 rings (SSSR count). The topological polar surface area (TPSA) is 364 Å². The Morgan fingerprint density at radius 2 is 1.27 bits per heavy atom. The first-order valence-corrected chi connectivity index (χ1v) is 27.0. The number of ketones is 1. The lowest BCUT2D eigenvalue weighted by atomic mass is 10.0. The molecule has 0 unspecified atom stereocenters. The second kappa shape index (κ2) is 30.3. The summed E-state index contributed by atoms with van der Waals surface area (Å²) in [4.78, 5) is 141. The van der Waals surface area contributed by atoms with Crippen LogP contribution in [0.5, 0.6) is 0 Å². The van der Waals surface area contributed by atoms with Gasteiger partial charge >= 0.3 is 5.97 Å². The van der Waals surface area contributed by atoms with E-state index in [1.54, 1.807) is 44.2 Å². The van der Waals surface area contributed by atoms with E-state index < -0.39 is 114 Å². The molecule has 2 saturated heterocycles. The van der Waals surface area contributed by atoms with Crippen LogP contribution in [0, 0.1) is 5.92 Å². The van der Waals surface area contributed by atoms with E-state index in [2.05, 4.69) is 52.8 Å². The van der Waals surface area contributed by atoms with Crippen LogP contribution in [-0.2, 0) is 54.4 Å². The van der Waals surface area contributed by atoms with Crippen LogP contribution in [0.15, 0.2) is 35.3 Å². The van der Waals surface area contributed by atoms with Gasteiger partial charge in [-0.25, -0.2) is 0 Å². The molecule has 1 aromatic rings. The summed E-state index contributed by atoms with van der Waals surface area (Å²) in [7, 11) is 1.98. The number of hydrogen-bond acceptors (Lipinski definition) is 15. The monoisotopic (exact) mass is 1050 g/mol. The highest BCUT2D eigenvalue weighted by molar-refractivity contribution is 8.76. The fourth-order valence-electron chi connectivity index (χ4n) is 7.02. The quantitative estimate of drug-likeness (QED) is 0.0399. The van der Waals surface area contributed by atoms with Gasteiger partial charge in [0.1, 0.15) is 36.3 Å². The number of amides is 8. The molecule has 2 heterocycles. The van der Waals surface area contributed by atoms with Gasteiger partial charge in [0.15, 0.2) is 11.7 Å². The largest absolute Gasteiger partial charge is 0.481 e. The highest BCUT2D eigenvalue weighted by Gasteiger charge is 2.35. The molecule has 0 aliphatic carbocycles. The van der Waals surface area contributed by atoms with Crippen LogP contribution in [-0.4, -0.2) is 161 Å². The van der Waals surface area contributed by atoms with Crippen LogP contribution in [0.2, 0.25) is 0 Å². The number of fused-ring (bicyclic) bond motifs is 5. The normalized spacial score (nSPS) is 24.2. The molecule has 0 saturated carbocycles. The summed E-state index contributed by atoms with van der Waals surface area (Å²) < 4.78 is 0. The Morgan fingerprint density at radius 1 is 0.704 bits per heavy atom. The smallest absolute Gasteiger partial charge is 0.305 e. The van der Waals surface area contributed by atoms with Crippen molar-refractivity contribution in [1.29, 1.82) is 0 Å². The molecule has 2 aliphatic rings. The third kappa shape index (κ3) is 23.0. The van der Waals surface area contributed by atoms with Crippen molar-refractivity contribution in [2.24, 2.45) is 22.4 Å². The highest BCUT2D eigenvalue weighted by Crippen LogP contribution is 2.24. The number of aliphatic imine (C=N–C) groups is 1. The van der Waals surface area contributed by atoms with E-state index in [0.29, 0.717) is 24.9 Å². The first kappa shape index (κ1) is 59.7. The first-order valence-electron chi connectivity index (χ1n) is 23.3. The summed E-state index contributed by atoms with van der Waals surface area (Å²) in [6, 6.07) is -0.899. The molecule has 0 radical (unpaired) electrons. The number of Topliss-reactive ketones (excluding diaryl/α,β-unsaturated/α-hetero) is 1. The van der Waals surface area contributed by atoms with Gasteiger partial charge in [0.25, 0.3) is 0 Å². The Labute approximate surface area is 425 Å². The molecule has 0 aromatic heterocycles. The number of rotatable bonds is 15. The summed E-state index contributed by atoms with van der Waals surface area (Å²) in [6.45, 7) is 9.22. The van der Waals surface area contributed by atoms with E-state index in [-0.39, 0.29) is 72.5 Å². The molecule has 14 N–H and O–H groups in total. The molecular formula is C45H70N12O11S3. The Bertz CT molecular complexity index is 2060. The third-order valence-electron chi connectivity index (χ3n) is 10.7. The van der Waals surface area contributed by atoms with Crippen molar-refractivity contribution in [3.63, 3.8) is 0 Å². The fraction of sp³-hybridized carbons (Fsp3) is 0.622. The number of aliphatic carboxylic acids is 1. The Kier molecular flexibility index (Phi) is 25.5. The Morgan fingerprint density at radius 3 is 1.86 bits per heavy atom. The van der Waals surface area contributed by atoms with Gasteiger partial charge in [-0.05, 0) is 65.0 Å². The van der Waals surface area contributed by atoms with Crippen molar-refractivity contribution in [3.05, 3.63) is 35.9 Å². The molecule has 71 heavy (non-hydrogen) atoms. The van der Waals surface area contributed by atoms with Crippen LogP contribution in [0.4, 0.5) is 0 Å². The van der Waals surface area contributed by atoms with E-state index in [4.69, 9.17) is 11.5 Å². The van der Waals surface area contributed by atoms with Crippen LogP contribution in [0.1, 0.15) is 78.7 Å². The number of carbonyl (C=O) groups excluding carboxylic acids is 9. The summed E-state index contributed by atoms with van der Waals surface area (Å²) in [6.07, 6.45) is 0.394. The van der Waals surface area contributed by atoms with Crippen LogP contribution in [0.25, 0.3) is 0 Å². The second-order valence-electron chi connectivity index (χ2n) is 18.3. The maximum Gasteiger partial charge on any atom is 0.305 e. The first-order chi connectivity index (χ1) is 33.5. The van der Waals surface area contributed by atoms with Crippen molar-refractivity contribution < 1.29 is 53.1 Å². The minimum absolute atomic E-state index is 0.0504. The molecular weight excluding hydrogens is 981 g/mol. The molecule has 0 spiro atoms. The molecule has 394 valence electrons. The zero-order chi connectivity index (χ0) is 52.7. The van der Waals surface area contributed by atoms with Crippen molar-refractivity contribution in [2.45, 2.75) is 127 Å². The Balaban J connectivity index is 2.16. The molecule has 23 nitrogen and oxygen atoms in total. The number of carboxylic acid groups (broad SMARTS) is 1. The zero-order valence-corrected chi connectivity index (χ0v) is 43.2. The molecule has 7 atom stereocenters. The number of benzene rings is 1. The van der Waals surface area contributed by atoms with E-state index in [9.17, 15) is 53.1 Å². The SMILES string of the molecule is CC(C)C(=O)[C@@H]1CSCC(=O)N[C@@H](CCCCNC(C)(C)C)C(=O)N[C@H]2CSSC[C@H](NC(=O)[C@H](CC(=O)O)NC(=O)CNC(=O)[C@H](CCCN=C(N)N)NC2=O)C(=O)N[C@@H](Cc2ccccc2)C(=O)N1. The fourth-order valence-corrected chi connectivity index (χ4v) is 10.2. The lowest BCUT2D eigenvalue weighted by Crippen LogP contribution is -2.59. The van der Waals surface area contributed by atoms with Crippen LogP contribution >= 0.6 is 33.3 Å². The zero-order valence-electron chi connectivity index (χ0n) is 40.8. The number of nitrogens with two attached hydrogens (primary N) is 2. The van der Waals surface area contributed by atoms with E-state index >= 15 is 0 Å². The summed E-state index contributed by atoms with van der Waals surface area (Å²) in [5.74, 6) is -10.0. The lowest BCUT2D eigenvalue weighted by molar-refractivity contribution is -0.141. The number of unbranched alkanes of at least 4 members (excludes halogenated alkanes) is 1. The van der Waals surface area contributed by atoms with E-state index in [0.717, 1.165) is 33.3 Å². The van der Waals surface area contributed by atoms with Gasteiger partial charge in [0.05, 0.1) is 24.8 Å². The highest BCUT2D eigenvalue weighted by atomic mass is 33.1. The number of nitrogens with one attached hydrogen (secondary N) is 9. The van der Waals surface area contributed by atoms with E-state index in [1.807, 2.05) is 20.8 Å².